The number of hydrogen-bond acceptors (Lipinski definition) is 6. The lowest BCUT2D eigenvalue weighted by Gasteiger charge is -2.15. The van der Waals surface area contributed by atoms with Gasteiger partial charge in [-0.25, -0.2) is 15.0 Å². The SMILES string of the molecule is CCCc1nc(NC)cc(NC(C)c2sc(C)nc2C)n1. The Hall–Kier alpha value is -1.69. The topological polar surface area (TPSA) is 62.7 Å². The van der Waals surface area contributed by atoms with Gasteiger partial charge in [0.15, 0.2) is 0 Å². The summed E-state index contributed by atoms with van der Waals surface area (Å²) < 4.78 is 0. The van der Waals surface area contributed by atoms with Crippen molar-refractivity contribution < 1.29 is 0 Å². The molecule has 114 valence electrons. The van der Waals surface area contributed by atoms with Gasteiger partial charge in [0.2, 0.25) is 0 Å². The Morgan fingerprint density at radius 2 is 1.90 bits per heavy atom. The van der Waals surface area contributed by atoms with E-state index in [2.05, 4.69) is 46.4 Å². The number of anilines is 2. The normalized spacial score (nSPS) is 12.2. The molecule has 0 saturated heterocycles. The summed E-state index contributed by atoms with van der Waals surface area (Å²) in [6.45, 7) is 8.37. The molecule has 0 radical (unpaired) electrons. The zero-order valence-corrected chi connectivity index (χ0v) is 14.1. The Morgan fingerprint density at radius 3 is 2.48 bits per heavy atom. The molecule has 2 rings (SSSR count). The van der Waals surface area contributed by atoms with Gasteiger partial charge in [0.05, 0.1) is 16.7 Å². The highest BCUT2D eigenvalue weighted by Crippen LogP contribution is 2.27. The summed E-state index contributed by atoms with van der Waals surface area (Å²) in [6, 6.07) is 2.13. The first-order valence-corrected chi connectivity index (χ1v) is 8.11. The lowest BCUT2D eigenvalue weighted by molar-refractivity contribution is 0.822. The average Bonchev–Trinajstić information content (AvgIpc) is 2.78. The number of aryl methyl sites for hydroxylation is 3. The molecule has 0 spiro atoms. The molecule has 0 aliphatic carbocycles. The van der Waals surface area contributed by atoms with E-state index in [0.29, 0.717) is 0 Å². The molecule has 2 N–H and O–H groups in total. The first kappa shape index (κ1) is 15.7. The Kier molecular flexibility index (Phi) is 5.12. The molecular weight excluding hydrogens is 282 g/mol. The molecule has 1 atom stereocenters. The van der Waals surface area contributed by atoms with Gasteiger partial charge >= 0.3 is 0 Å². The summed E-state index contributed by atoms with van der Waals surface area (Å²) in [5.74, 6) is 2.58. The minimum Gasteiger partial charge on any atom is -0.373 e. The van der Waals surface area contributed by atoms with Crippen molar-refractivity contribution in [3.63, 3.8) is 0 Å². The van der Waals surface area contributed by atoms with Crippen LogP contribution in [0.25, 0.3) is 0 Å². The van der Waals surface area contributed by atoms with Crippen LogP contribution in [0.5, 0.6) is 0 Å². The van der Waals surface area contributed by atoms with E-state index in [1.165, 1.54) is 4.88 Å². The quantitative estimate of drug-likeness (QED) is 0.851. The zero-order chi connectivity index (χ0) is 15.4. The maximum absolute atomic E-state index is 4.60. The highest BCUT2D eigenvalue weighted by molar-refractivity contribution is 7.11. The van der Waals surface area contributed by atoms with Crippen molar-refractivity contribution in [3.8, 4) is 0 Å². The minimum atomic E-state index is 0.185. The van der Waals surface area contributed by atoms with Gasteiger partial charge in [-0.1, -0.05) is 6.92 Å². The van der Waals surface area contributed by atoms with E-state index in [0.717, 1.165) is 41.0 Å². The van der Waals surface area contributed by atoms with Crippen molar-refractivity contribution in [2.75, 3.05) is 17.7 Å². The third-order valence-electron chi connectivity index (χ3n) is 3.20. The third-order valence-corrected chi connectivity index (χ3v) is 4.45. The first-order chi connectivity index (χ1) is 10.0. The van der Waals surface area contributed by atoms with Crippen LogP contribution < -0.4 is 10.6 Å². The Bertz CT molecular complexity index is 608. The van der Waals surface area contributed by atoms with Crippen molar-refractivity contribution in [1.29, 1.82) is 0 Å². The molecule has 0 bridgehead atoms. The number of hydrogen-bond donors (Lipinski definition) is 2. The van der Waals surface area contributed by atoms with Gasteiger partial charge in [-0.2, -0.15) is 0 Å². The summed E-state index contributed by atoms with van der Waals surface area (Å²) in [7, 11) is 1.88. The van der Waals surface area contributed by atoms with Crippen LogP contribution in [0.2, 0.25) is 0 Å². The lowest BCUT2D eigenvalue weighted by Crippen LogP contribution is -2.10. The molecule has 2 aromatic rings. The van der Waals surface area contributed by atoms with E-state index >= 15 is 0 Å². The molecule has 0 aliphatic heterocycles. The highest BCUT2D eigenvalue weighted by atomic mass is 32.1. The minimum absolute atomic E-state index is 0.185. The van der Waals surface area contributed by atoms with Crippen molar-refractivity contribution in [2.24, 2.45) is 0 Å². The molecule has 21 heavy (non-hydrogen) atoms. The predicted octanol–water partition coefficient (Wildman–Crippen LogP) is 3.72. The monoisotopic (exact) mass is 305 g/mol. The van der Waals surface area contributed by atoms with Gasteiger partial charge in [0.25, 0.3) is 0 Å². The maximum Gasteiger partial charge on any atom is 0.133 e. The summed E-state index contributed by atoms with van der Waals surface area (Å²) >= 11 is 1.73. The number of aromatic nitrogens is 3. The van der Waals surface area contributed by atoms with Gasteiger partial charge in [-0.3, -0.25) is 0 Å². The van der Waals surface area contributed by atoms with Gasteiger partial charge in [-0.05, 0) is 27.2 Å². The van der Waals surface area contributed by atoms with Gasteiger partial charge < -0.3 is 10.6 Å². The van der Waals surface area contributed by atoms with E-state index in [9.17, 15) is 0 Å². The highest BCUT2D eigenvalue weighted by Gasteiger charge is 2.14. The van der Waals surface area contributed by atoms with E-state index in [1.54, 1.807) is 11.3 Å². The van der Waals surface area contributed by atoms with Gasteiger partial charge in [-0.15, -0.1) is 11.3 Å². The van der Waals surface area contributed by atoms with Crippen molar-refractivity contribution >= 4 is 23.0 Å². The summed E-state index contributed by atoms with van der Waals surface area (Å²) in [5, 5.41) is 7.66. The second-order valence-electron chi connectivity index (χ2n) is 5.10. The zero-order valence-electron chi connectivity index (χ0n) is 13.3. The van der Waals surface area contributed by atoms with Crippen molar-refractivity contribution in [3.05, 3.63) is 27.5 Å². The van der Waals surface area contributed by atoms with Crippen molar-refractivity contribution in [2.45, 2.75) is 46.6 Å². The summed E-state index contributed by atoms with van der Waals surface area (Å²) in [5.41, 5.74) is 1.09. The second-order valence-corrected chi connectivity index (χ2v) is 6.34. The van der Waals surface area contributed by atoms with Gasteiger partial charge in [0.1, 0.15) is 17.5 Å². The molecule has 0 aliphatic rings. The number of nitrogens with one attached hydrogen (secondary N) is 2. The molecule has 5 nitrogen and oxygen atoms in total. The summed E-state index contributed by atoms with van der Waals surface area (Å²) in [6.07, 6.45) is 1.92. The molecule has 2 aromatic heterocycles. The standard InChI is InChI=1S/C15H23N5S/c1-6-7-12-19-13(16-5)8-14(20-12)18-10(3)15-9(2)17-11(4)21-15/h8,10H,6-7H2,1-5H3,(H2,16,18,19,20). The van der Waals surface area contributed by atoms with E-state index in [4.69, 9.17) is 0 Å². The van der Waals surface area contributed by atoms with Crippen LogP contribution in [0.1, 0.15) is 47.7 Å². The van der Waals surface area contributed by atoms with Crippen LogP contribution in [-0.4, -0.2) is 22.0 Å². The smallest absolute Gasteiger partial charge is 0.133 e. The molecule has 1 unspecified atom stereocenters. The fraction of sp³-hybridized carbons (Fsp3) is 0.533. The summed E-state index contributed by atoms with van der Waals surface area (Å²) in [4.78, 5) is 14.8. The average molecular weight is 305 g/mol. The third kappa shape index (κ3) is 3.91. The molecule has 0 amide bonds. The van der Waals surface area contributed by atoms with E-state index < -0.39 is 0 Å². The molecule has 2 heterocycles. The fourth-order valence-electron chi connectivity index (χ4n) is 2.27. The van der Waals surface area contributed by atoms with Crippen LogP contribution in [-0.2, 0) is 6.42 Å². The van der Waals surface area contributed by atoms with Crippen LogP contribution in [0.4, 0.5) is 11.6 Å². The predicted molar refractivity (Wildman–Crippen MR) is 89.2 cm³/mol. The van der Waals surface area contributed by atoms with Crippen LogP contribution >= 0.6 is 11.3 Å². The molecule has 0 saturated carbocycles. The molecule has 0 fully saturated rings. The molecule has 6 heteroatoms. The number of rotatable bonds is 6. The van der Waals surface area contributed by atoms with Crippen LogP contribution in [0.3, 0.4) is 0 Å². The van der Waals surface area contributed by atoms with E-state index in [1.807, 2.05) is 20.0 Å². The largest absolute Gasteiger partial charge is 0.373 e. The Morgan fingerprint density at radius 1 is 1.19 bits per heavy atom. The fourth-order valence-corrected chi connectivity index (χ4v) is 3.20. The van der Waals surface area contributed by atoms with Crippen LogP contribution in [0, 0.1) is 13.8 Å². The Balaban J connectivity index is 2.21. The van der Waals surface area contributed by atoms with E-state index in [-0.39, 0.29) is 6.04 Å². The first-order valence-electron chi connectivity index (χ1n) is 7.29. The Labute approximate surface area is 130 Å². The number of thiazole rings is 1. The maximum atomic E-state index is 4.60. The molecule has 0 aromatic carbocycles. The van der Waals surface area contributed by atoms with Crippen molar-refractivity contribution in [1.82, 2.24) is 15.0 Å². The lowest BCUT2D eigenvalue weighted by atomic mass is 10.2. The van der Waals surface area contributed by atoms with Gasteiger partial charge in [0, 0.05) is 24.4 Å². The number of nitrogens with zero attached hydrogens (tertiary/aromatic N) is 3. The second kappa shape index (κ2) is 6.85. The van der Waals surface area contributed by atoms with Crippen LogP contribution in [0.15, 0.2) is 6.07 Å². The molecular formula is C15H23N5S.